The number of sulfonamides is 1. The van der Waals surface area contributed by atoms with Crippen LogP contribution in [0.15, 0.2) is 18.2 Å². The maximum atomic E-state index is 12.7. The molecule has 3 rings (SSSR count). The largest absolute Gasteiger partial charge is 0.367 e. The monoisotopic (exact) mass is 367 g/mol. The number of benzene rings is 1. The fourth-order valence-electron chi connectivity index (χ4n) is 3.43. The maximum absolute atomic E-state index is 12.7. The van der Waals surface area contributed by atoms with E-state index in [-0.39, 0.29) is 25.1 Å². The zero-order valence-electron chi connectivity index (χ0n) is 14.1. The molecule has 1 aromatic carbocycles. The Bertz CT molecular complexity index is 823. The molecular weight excluding hydrogens is 346 g/mol. The van der Waals surface area contributed by atoms with E-state index < -0.39 is 22.0 Å². The zero-order valence-corrected chi connectivity index (χ0v) is 15.0. The van der Waals surface area contributed by atoms with Crippen molar-refractivity contribution in [3.63, 3.8) is 0 Å². The van der Waals surface area contributed by atoms with Gasteiger partial charge in [-0.15, -0.1) is 0 Å². The number of anilines is 1. The summed E-state index contributed by atoms with van der Waals surface area (Å²) < 4.78 is 30.6. The van der Waals surface area contributed by atoms with E-state index in [9.17, 15) is 18.0 Å². The molecule has 2 N–H and O–H groups in total. The van der Waals surface area contributed by atoms with Crippen molar-refractivity contribution in [1.82, 2.24) is 4.90 Å². The summed E-state index contributed by atoms with van der Waals surface area (Å²) >= 11 is 0. The number of fused-ring (bicyclic) bond motifs is 1. The summed E-state index contributed by atoms with van der Waals surface area (Å²) in [6.45, 7) is 2.59. The molecule has 2 unspecified atom stereocenters. The van der Waals surface area contributed by atoms with Crippen molar-refractivity contribution in [2.24, 2.45) is 5.73 Å². The molecule has 136 valence electrons. The van der Waals surface area contributed by atoms with Crippen molar-refractivity contribution < 1.29 is 22.7 Å². The predicted octanol–water partition coefficient (Wildman–Crippen LogP) is -0.276. The number of morpholine rings is 1. The van der Waals surface area contributed by atoms with E-state index >= 15 is 0 Å². The number of nitrogens with zero attached hydrogens (tertiary/aromatic N) is 2. The van der Waals surface area contributed by atoms with Crippen LogP contribution >= 0.6 is 0 Å². The second-order valence-electron chi connectivity index (χ2n) is 6.47. The van der Waals surface area contributed by atoms with Gasteiger partial charge in [-0.3, -0.25) is 13.9 Å². The number of primary amides is 1. The van der Waals surface area contributed by atoms with Crippen molar-refractivity contribution in [2.45, 2.75) is 25.5 Å². The summed E-state index contributed by atoms with van der Waals surface area (Å²) in [7, 11) is -3.37. The molecule has 1 aromatic rings. The second-order valence-corrected chi connectivity index (χ2v) is 8.33. The number of nitrogens with two attached hydrogens (primary N) is 1. The third-order valence-corrected chi connectivity index (χ3v) is 5.78. The van der Waals surface area contributed by atoms with Crippen LogP contribution in [0.1, 0.15) is 22.8 Å². The molecule has 2 aliphatic rings. The first-order valence-electron chi connectivity index (χ1n) is 8.01. The lowest BCUT2D eigenvalue weighted by atomic mass is 10.1. The molecule has 0 spiro atoms. The number of hydrogen-bond donors (Lipinski definition) is 1. The van der Waals surface area contributed by atoms with Gasteiger partial charge in [0.15, 0.2) is 6.10 Å². The minimum absolute atomic E-state index is 0.122. The highest BCUT2D eigenvalue weighted by Crippen LogP contribution is 2.35. The van der Waals surface area contributed by atoms with Crippen LogP contribution in [0.3, 0.4) is 0 Å². The van der Waals surface area contributed by atoms with Gasteiger partial charge in [-0.1, -0.05) is 0 Å². The minimum atomic E-state index is -3.37. The number of amides is 2. The highest BCUT2D eigenvalue weighted by molar-refractivity contribution is 7.92. The van der Waals surface area contributed by atoms with Crippen LogP contribution in [0.5, 0.6) is 0 Å². The number of hydrogen-bond acceptors (Lipinski definition) is 5. The first kappa shape index (κ1) is 17.7. The van der Waals surface area contributed by atoms with Crippen molar-refractivity contribution in [3.8, 4) is 0 Å². The third-order valence-electron chi connectivity index (χ3n) is 4.51. The van der Waals surface area contributed by atoms with Crippen LogP contribution in [0.2, 0.25) is 0 Å². The van der Waals surface area contributed by atoms with Gasteiger partial charge in [-0.25, -0.2) is 8.42 Å². The molecule has 0 bridgehead atoms. The molecule has 0 aliphatic carbocycles. The Morgan fingerprint density at radius 1 is 1.32 bits per heavy atom. The van der Waals surface area contributed by atoms with Crippen molar-refractivity contribution in [2.75, 3.05) is 30.3 Å². The molecule has 2 aliphatic heterocycles. The van der Waals surface area contributed by atoms with E-state index in [0.717, 1.165) is 5.56 Å². The quantitative estimate of drug-likeness (QED) is 0.790. The first-order chi connectivity index (χ1) is 11.7. The van der Waals surface area contributed by atoms with Gasteiger partial charge < -0.3 is 15.4 Å². The maximum Gasteiger partial charge on any atom is 0.254 e. The molecule has 0 aromatic heterocycles. The van der Waals surface area contributed by atoms with Gasteiger partial charge in [-0.05, 0) is 37.1 Å². The lowest BCUT2D eigenvalue weighted by molar-refractivity contribution is -0.133. The topological polar surface area (TPSA) is 110 Å². The average molecular weight is 367 g/mol. The Balaban J connectivity index is 1.85. The molecular formula is C16H21N3O5S. The number of carbonyl (C=O) groups is 2. The van der Waals surface area contributed by atoms with Crippen LogP contribution < -0.4 is 10.0 Å². The molecule has 25 heavy (non-hydrogen) atoms. The van der Waals surface area contributed by atoms with Crippen LogP contribution in [0.4, 0.5) is 5.69 Å². The summed E-state index contributed by atoms with van der Waals surface area (Å²) in [5.74, 6) is -0.813. The molecule has 1 fully saturated rings. The van der Waals surface area contributed by atoms with Crippen molar-refractivity contribution in [1.29, 1.82) is 0 Å². The van der Waals surface area contributed by atoms with E-state index in [1.165, 1.54) is 15.5 Å². The van der Waals surface area contributed by atoms with Crippen LogP contribution in [-0.4, -0.2) is 63.2 Å². The Morgan fingerprint density at radius 3 is 2.68 bits per heavy atom. The van der Waals surface area contributed by atoms with Crippen LogP contribution in [-0.2, 0) is 26.0 Å². The smallest absolute Gasteiger partial charge is 0.254 e. The molecule has 2 heterocycles. The summed E-state index contributed by atoms with van der Waals surface area (Å²) in [6, 6.07) is 4.83. The van der Waals surface area contributed by atoms with Gasteiger partial charge >= 0.3 is 0 Å². The Morgan fingerprint density at radius 2 is 2.04 bits per heavy atom. The van der Waals surface area contributed by atoms with Gasteiger partial charge in [0.1, 0.15) is 0 Å². The van der Waals surface area contributed by atoms with Crippen LogP contribution in [0.25, 0.3) is 0 Å². The fourth-order valence-corrected chi connectivity index (χ4v) is 4.69. The summed E-state index contributed by atoms with van der Waals surface area (Å²) in [5.41, 5.74) is 7.15. The zero-order chi connectivity index (χ0) is 18.4. The van der Waals surface area contributed by atoms with Gasteiger partial charge in [0.25, 0.3) is 5.91 Å². The van der Waals surface area contributed by atoms with Crippen LogP contribution in [0, 0.1) is 0 Å². The standard InChI is InChI=1S/C16H21N3O5S/c1-10-7-12-8-11(3-4-13(12)19(10)25(2,22)23)16(21)18-5-6-24-14(9-18)15(17)20/h3-4,8,10,14H,5-7,9H2,1-2H3,(H2,17,20). The molecule has 0 saturated carbocycles. The molecule has 0 radical (unpaired) electrons. The highest BCUT2D eigenvalue weighted by atomic mass is 32.2. The van der Waals surface area contributed by atoms with E-state index in [2.05, 4.69) is 0 Å². The predicted molar refractivity (Wildman–Crippen MR) is 91.8 cm³/mol. The summed E-state index contributed by atoms with van der Waals surface area (Å²) in [4.78, 5) is 25.5. The molecule has 8 nitrogen and oxygen atoms in total. The summed E-state index contributed by atoms with van der Waals surface area (Å²) in [6.07, 6.45) is 0.930. The molecule has 9 heteroatoms. The number of carbonyl (C=O) groups excluding carboxylic acids is 2. The normalized spacial score (nSPS) is 23.4. The first-order valence-corrected chi connectivity index (χ1v) is 9.86. The summed E-state index contributed by atoms with van der Waals surface area (Å²) in [5, 5.41) is 0. The van der Waals surface area contributed by atoms with Gasteiger partial charge in [0.05, 0.1) is 25.1 Å². The average Bonchev–Trinajstić information content (AvgIpc) is 2.89. The van der Waals surface area contributed by atoms with E-state index in [4.69, 9.17) is 10.5 Å². The molecule has 1 saturated heterocycles. The Hall–Kier alpha value is -2.13. The lowest BCUT2D eigenvalue weighted by Gasteiger charge is -2.31. The van der Waals surface area contributed by atoms with Gasteiger partial charge in [0, 0.05) is 18.2 Å². The van der Waals surface area contributed by atoms with E-state index in [0.29, 0.717) is 24.2 Å². The number of rotatable bonds is 3. The highest BCUT2D eigenvalue weighted by Gasteiger charge is 2.34. The van der Waals surface area contributed by atoms with Crippen molar-refractivity contribution in [3.05, 3.63) is 29.3 Å². The second kappa shape index (κ2) is 6.30. The SMILES string of the molecule is CC1Cc2cc(C(=O)N3CCOC(C(N)=O)C3)ccc2N1S(C)(=O)=O. The molecule has 2 atom stereocenters. The minimum Gasteiger partial charge on any atom is -0.367 e. The third kappa shape index (κ3) is 3.34. The fraction of sp³-hybridized carbons (Fsp3) is 0.500. The van der Waals surface area contributed by atoms with E-state index in [1.807, 2.05) is 6.92 Å². The van der Waals surface area contributed by atoms with Gasteiger partial charge in [0.2, 0.25) is 15.9 Å². The lowest BCUT2D eigenvalue weighted by Crippen LogP contribution is -2.50. The Labute approximate surface area is 146 Å². The van der Waals surface area contributed by atoms with Gasteiger partial charge in [-0.2, -0.15) is 0 Å². The van der Waals surface area contributed by atoms with E-state index in [1.54, 1.807) is 18.2 Å². The van der Waals surface area contributed by atoms with Crippen molar-refractivity contribution >= 4 is 27.5 Å². The molecule has 2 amide bonds. The number of ether oxygens (including phenoxy) is 1. The Kier molecular flexibility index (Phi) is 4.46.